The Morgan fingerprint density at radius 3 is 2.20 bits per heavy atom. The summed E-state index contributed by atoms with van der Waals surface area (Å²) < 4.78 is 0. The standard InChI is InChI=1S/C8H17NO/c1-8(2,3)9-5-4-7(10)6-9/h7,10H,4-6H2,1-3H3. The topological polar surface area (TPSA) is 23.5 Å². The maximum Gasteiger partial charge on any atom is 0.0679 e. The normalized spacial score (nSPS) is 29.4. The minimum atomic E-state index is -0.0841. The predicted octanol–water partition coefficient (Wildman–Crippen LogP) is 0.851. The summed E-state index contributed by atoms with van der Waals surface area (Å²) >= 11 is 0. The van der Waals surface area contributed by atoms with Crippen LogP contribution in [0.3, 0.4) is 0 Å². The Labute approximate surface area is 62.8 Å². The Bertz CT molecular complexity index is 117. The van der Waals surface area contributed by atoms with Gasteiger partial charge in [0, 0.05) is 18.6 Å². The molecule has 2 nitrogen and oxygen atoms in total. The van der Waals surface area contributed by atoms with Crippen LogP contribution < -0.4 is 0 Å². The second-order valence-electron chi connectivity index (χ2n) is 4.06. The lowest BCUT2D eigenvalue weighted by atomic mass is 10.1. The number of nitrogens with zero attached hydrogens (tertiary/aromatic N) is 1. The van der Waals surface area contributed by atoms with E-state index in [1.54, 1.807) is 0 Å². The largest absolute Gasteiger partial charge is 0.392 e. The summed E-state index contributed by atoms with van der Waals surface area (Å²) in [5.41, 5.74) is 0.234. The van der Waals surface area contributed by atoms with Crippen molar-refractivity contribution >= 4 is 0 Å². The zero-order chi connectivity index (χ0) is 7.78. The molecule has 0 aromatic carbocycles. The summed E-state index contributed by atoms with van der Waals surface area (Å²) in [4.78, 5) is 2.32. The van der Waals surface area contributed by atoms with E-state index in [0.29, 0.717) is 0 Å². The highest BCUT2D eigenvalue weighted by molar-refractivity contribution is 4.84. The highest BCUT2D eigenvalue weighted by atomic mass is 16.3. The molecule has 0 amide bonds. The van der Waals surface area contributed by atoms with E-state index >= 15 is 0 Å². The van der Waals surface area contributed by atoms with Gasteiger partial charge in [0.05, 0.1) is 6.10 Å². The van der Waals surface area contributed by atoms with E-state index in [0.717, 1.165) is 19.5 Å². The van der Waals surface area contributed by atoms with Crippen molar-refractivity contribution in [2.45, 2.75) is 38.8 Å². The Morgan fingerprint density at radius 2 is 2.00 bits per heavy atom. The number of likely N-dealkylation sites (tertiary alicyclic amines) is 1. The second-order valence-corrected chi connectivity index (χ2v) is 4.06. The second kappa shape index (κ2) is 2.51. The van der Waals surface area contributed by atoms with Crippen molar-refractivity contribution in [1.29, 1.82) is 0 Å². The lowest BCUT2D eigenvalue weighted by Crippen LogP contribution is -2.39. The zero-order valence-electron chi connectivity index (χ0n) is 7.09. The van der Waals surface area contributed by atoms with E-state index in [1.807, 2.05) is 0 Å². The molecule has 1 saturated heterocycles. The molecule has 1 fully saturated rings. The zero-order valence-corrected chi connectivity index (χ0v) is 7.09. The van der Waals surface area contributed by atoms with Crippen LogP contribution in [0.5, 0.6) is 0 Å². The summed E-state index contributed by atoms with van der Waals surface area (Å²) in [5, 5.41) is 9.22. The van der Waals surface area contributed by atoms with Gasteiger partial charge >= 0.3 is 0 Å². The maximum atomic E-state index is 9.22. The van der Waals surface area contributed by atoms with Crippen molar-refractivity contribution < 1.29 is 5.11 Å². The van der Waals surface area contributed by atoms with E-state index < -0.39 is 0 Å². The Kier molecular flexibility index (Phi) is 2.02. The SMILES string of the molecule is CC(C)(C)N1CCC(O)C1. The highest BCUT2D eigenvalue weighted by Crippen LogP contribution is 2.19. The van der Waals surface area contributed by atoms with Gasteiger partial charge in [-0.1, -0.05) is 0 Å². The van der Waals surface area contributed by atoms with Crippen molar-refractivity contribution in [1.82, 2.24) is 4.90 Å². The van der Waals surface area contributed by atoms with E-state index in [1.165, 1.54) is 0 Å². The molecule has 0 aliphatic carbocycles. The van der Waals surface area contributed by atoms with Crippen LogP contribution in [0.25, 0.3) is 0 Å². The molecule has 0 bridgehead atoms. The molecule has 1 heterocycles. The Balaban J connectivity index is 2.45. The van der Waals surface area contributed by atoms with Gasteiger partial charge in [0.1, 0.15) is 0 Å². The predicted molar refractivity (Wildman–Crippen MR) is 41.9 cm³/mol. The van der Waals surface area contributed by atoms with Gasteiger partial charge < -0.3 is 5.11 Å². The molecular weight excluding hydrogens is 126 g/mol. The Hall–Kier alpha value is -0.0800. The van der Waals surface area contributed by atoms with Crippen LogP contribution in [0.1, 0.15) is 27.2 Å². The van der Waals surface area contributed by atoms with E-state index in [-0.39, 0.29) is 11.6 Å². The summed E-state index contributed by atoms with van der Waals surface area (Å²) in [6.07, 6.45) is 0.858. The lowest BCUT2D eigenvalue weighted by Gasteiger charge is -2.31. The number of hydrogen-bond donors (Lipinski definition) is 1. The third-order valence-electron chi connectivity index (χ3n) is 2.11. The maximum absolute atomic E-state index is 9.22. The van der Waals surface area contributed by atoms with Crippen molar-refractivity contribution in [3.05, 3.63) is 0 Å². The first-order chi connectivity index (χ1) is 4.50. The molecule has 60 valence electrons. The highest BCUT2D eigenvalue weighted by Gasteiger charge is 2.28. The third-order valence-corrected chi connectivity index (χ3v) is 2.11. The molecule has 1 aliphatic rings. The summed E-state index contributed by atoms with van der Waals surface area (Å²) in [6.45, 7) is 8.45. The molecule has 1 aliphatic heterocycles. The number of β-amino-alcohol motifs (C(OH)–C–C–N with tert-alkyl or cyclic N) is 1. The van der Waals surface area contributed by atoms with Gasteiger partial charge in [0.25, 0.3) is 0 Å². The minimum absolute atomic E-state index is 0.0841. The van der Waals surface area contributed by atoms with Crippen molar-refractivity contribution in [2.75, 3.05) is 13.1 Å². The van der Waals surface area contributed by atoms with Gasteiger partial charge in [-0.2, -0.15) is 0 Å². The first kappa shape index (κ1) is 8.02. The lowest BCUT2D eigenvalue weighted by molar-refractivity contribution is 0.130. The smallest absolute Gasteiger partial charge is 0.0679 e. The van der Waals surface area contributed by atoms with Gasteiger partial charge in [0.15, 0.2) is 0 Å². The molecule has 1 unspecified atom stereocenters. The fraction of sp³-hybridized carbons (Fsp3) is 1.00. The molecule has 10 heavy (non-hydrogen) atoms. The van der Waals surface area contributed by atoms with Crippen LogP contribution in [0.15, 0.2) is 0 Å². The van der Waals surface area contributed by atoms with Crippen LogP contribution in [-0.2, 0) is 0 Å². The molecule has 0 saturated carbocycles. The van der Waals surface area contributed by atoms with Gasteiger partial charge in [-0.25, -0.2) is 0 Å². The van der Waals surface area contributed by atoms with Crippen molar-refractivity contribution in [2.24, 2.45) is 0 Å². The summed E-state index contributed by atoms with van der Waals surface area (Å²) in [7, 11) is 0. The molecule has 1 rings (SSSR count). The monoisotopic (exact) mass is 143 g/mol. The van der Waals surface area contributed by atoms with Gasteiger partial charge in [-0.05, 0) is 27.2 Å². The third kappa shape index (κ3) is 1.70. The molecule has 1 atom stereocenters. The molecule has 0 spiro atoms. The van der Waals surface area contributed by atoms with Crippen LogP contribution in [-0.4, -0.2) is 34.7 Å². The number of aliphatic hydroxyl groups excluding tert-OH is 1. The molecule has 0 radical (unpaired) electrons. The molecule has 0 aromatic rings. The molecule has 1 N–H and O–H groups in total. The minimum Gasteiger partial charge on any atom is -0.392 e. The van der Waals surface area contributed by atoms with Gasteiger partial charge in [-0.3, -0.25) is 4.90 Å². The number of aliphatic hydroxyl groups is 1. The van der Waals surface area contributed by atoms with Crippen LogP contribution >= 0.6 is 0 Å². The first-order valence-corrected chi connectivity index (χ1v) is 3.93. The van der Waals surface area contributed by atoms with Crippen LogP contribution in [0.4, 0.5) is 0 Å². The quantitative estimate of drug-likeness (QED) is 0.543. The Morgan fingerprint density at radius 1 is 1.40 bits per heavy atom. The summed E-state index contributed by atoms with van der Waals surface area (Å²) in [6, 6.07) is 0. The van der Waals surface area contributed by atoms with E-state index in [2.05, 4.69) is 25.7 Å². The number of hydrogen-bond acceptors (Lipinski definition) is 2. The fourth-order valence-corrected chi connectivity index (χ4v) is 1.35. The van der Waals surface area contributed by atoms with Crippen molar-refractivity contribution in [3.8, 4) is 0 Å². The van der Waals surface area contributed by atoms with E-state index in [9.17, 15) is 5.11 Å². The molecule has 0 aromatic heterocycles. The van der Waals surface area contributed by atoms with Crippen LogP contribution in [0, 0.1) is 0 Å². The first-order valence-electron chi connectivity index (χ1n) is 3.93. The average molecular weight is 143 g/mol. The van der Waals surface area contributed by atoms with E-state index in [4.69, 9.17) is 0 Å². The molecular formula is C8H17NO. The fourth-order valence-electron chi connectivity index (χ4n) is 1.35. The van der Waals surface area contributed by atoms with Gasteiger partial charge in [-0.15, -0.1) is 0 Å². The average Bonchev–Trinajstić information content (AvgIpc) is 2.11. The van der Waals surface area contributed by atoms with Crippen molar-refractivity contribution in [3.63, 3.8) is 0 Å². The molecule has 2 heteroatoms. The summed E-state index contributed by atoms with van der Waals surface area (Å²) in [5.74, 6) is 0. The van der Waals surface area contributed by atoms with Gasteiger partial charge in [0.2, 0.25) is 0 Å². The number of rotatable bonds is 0. The van der Waals surface area contributed by atoms with Crippen LogP contribution in [0.2, 0.25) is 0 Å².